The molecule has 0 amide bonds. The first-order chi connectivity index (χ1) is 9.95. The van der Waals surface area contributed by atoms with Crippen LogP contribution in [0.15, 0.2) is 42.5 Å². The topological polar surface area (TPSA) is 29.3 Å². The van der Waals surface area contributed by atoms with Crippen molar-refractivity contribution in [2.75, 3.05) is 7.05 Å². The van der Waals surface area contributed by atoms with E-state index in [9.17, 15) is 8.78 Å². The molecule has 0 aliphatic heterocycles. The first-order valence-corrected chi connectivity index (χ1v) is 6.88. The minimum atomic E-state index is -0.305. The predicted octanol–water partition coefficient (Wildman–Crippen LogP) is 3.23. The van der Waals surface area contributed by atoms with E-state index in [0.29, 0.717) is 24.2 Å². The van der Waals surface area contributed by atoms with Crippen molar-refractivity contribution in [3.63, 3.8) is 0 Å². The van der Waals surface area contributed by atoms with E-state index in [-0.39, 0.29) is 16.6 Å². The predicted molar refractivity (Wildman–Crippen MR) is 83.9 cm³/mol. The molecule has 0 unspecified atom stereocenters. The lowest BCUT2D eigenvalue weighted by Gasteiger charge is -2.18. The average molecular weight is 306 g/mol. The van der Waals surface area contributed by atoms with Gasteiger partial charge >= 0.3 is 0 Å². The maximum Gasteiger partial charge on any atom is 0.127 e. The first-order valence-electron chi connectivity index (χ1n) is 6.47. The van der Waals surface area contributed by atoms with Gasteiger partial charge in [0.05, 0.1) is 0 Å². The summed E-state index contributed by atoms with van der Waals surface area (Å²) in [6.45, 7) is 0.910. The minimum Gasteiger partial charge on any atom is -0.389 e. The molecule has 21 heavy (non-hydrogen) atoms. The molecule has 2 nitrogen and oxygen atoms in total. The van der Waals surface area contributed by atoms with Gasteiger partial charge in [0.15, 0.2) is 0 Å². The molecule has 2 N–H and O–H groups in total. The molecule has 110 valence electrons. The largest absolute Gasteiger partial charge is 0.389 e. The van der Waals surface area contributed by atoms with Crippen molar-refractivity contribution in [2.45, 2.75) is 13.1 Å². The first kappa shape index (κ1) is 15.5. The highest BCUT2D eigenvalue weighted by Gasteiger charge is 2.09. The van der Waals surface area contributed by atoms with Crippen LogP contribution in [0.3, 0.4) is 0 Å². The normalized spacial score (nSPS) is 10.9. The van der Waals surface area contributed by atoms with E-state index >= 15 is 0 Å². The maximum atomic E-state index is 13.8. The van der Waals surface area contributed by atoms with Crippen molar-refractivity contribution < 1.29 is 8.78 Å². The third-order valence-corrected chi connectivity index (χ3v) is 3.35. The van der Waals surface area contributed by atoms with Crippen LogP contribution in [0, 0.1) is 11.6 Å². The third-order valence-electron chi connectivity index (χ3n) is 3.11. The van der Waals surface area contributed by atoms with Crippen LogP contribution in [0.2, 0.25) is 0 Å². The summed E-state index contributed by atoms with van der Waals surface area (Å²) in [6, 6.07) is 10.9. The van der Waals surface area contributed by atoms with Crippen LogP contribution in [-0.2, 0) is 13.1 Å². The zero-order valence-corrected chi connectivity index (χ0v) is 12.5. The summed E-state index contributed by atoms with van der Waals surface area (Å²) in [4.78, 5) is 2.14. The Labute approximate surface area is 128 Å². The highest BCUT2D eigenvalue weighted by Crippen LogP contribution is 2.14. The Morgan fingerprint density at radius 2 is 1.90 bits per heavy atom. The Hall–Kier alpha value is -1.85. The third kappa shape index (κ3) is 4.31. The van der Waals surface area contributed by atoms with Crippen LogP contribution in [-0.4, -0.2) is 16.9 Å². The lowest BCUT2D eigenvalue weighted by Crippen LogP contribution is -2.19. The number of nitrogens with two attached hydrogens (primary N) is 1. The van der Waals surface area contributed by atoms with Gasteiger partial charge in [-0.3, -0.25) is 4.90 Å². The second-order valence-electron chi connectivity index (χ2n) is 4.97. The van der Waals surface area contributed by atoms with Gasteiger partial charge in [0.25, 0.3) is 0 Å². The van der Waals surface area contributed by atoms with Crippen LogP contribution in [0.25, 0.3) is 0 Å². The molecular formula is C16H16F2N2S. The van der Waals surface area contributed by atoms with Crippen LogP contribution in [0.5, 0.6) is 0 Å². The van der Waals surface area contributed by atoms with Crippen LogP contribution in [0.4, 0.5) is 8.78 Å². The molecule has 0 aromatic heterocycles. The van der Waals surface area contributed by atoms with E-state index in [2.05, 4.69) is 0 Å². The van der Waals surface area contributed by atoms with Crippen molar-refractivity contribution >= 4 is 17.2 Å². The van der Waals surface area contributed by atoms with Gasteiger partial charge in [-0.1, -0.05) is 24.4 Å². The van der Waals surface area contributed by atoms with Gasteiger partial charge in [-0.05, 0) is 42.9 Å². The smallest absolute Gasteiger partial charge is 0.127 e. The van der Waals surface area contributed by atoms with Gasteiger partial charge in [0, 0.05) is 24.2 Å². The molecular weight excluding hydrogens is 290 g/mol. The Bertz CT molecular complexity index is 658. The van der Waals surface area contributed by atoms with Crippen molar-refractivity contribution in [1.82, 2.24) is 4.90 Å². The molecule has 2 aromatic rings. The van der Waals surface area contributed by atoms with Gasteiger partial charge in [-0.15, -0.1) is 0 Å². The zero-order valence-electron chi connectivity index (χ0n) is 11.6. The second-order valence-corrected chi connectivity index (χ2v) is 5.41. The highest BCUT2D eigenvalue weighted by atomic mass is 32.1. The Morgan fingerprint density at radius 3 is 2.57 bits per heavy atom. The zero-order chi connectivity index (χ0) is 15.4. The van der Waals surface area contributed by atoms with Gasteiger partial charge in [0.1, 0.15) is 16.6 Å². The summed E-state index contributed by atoms with van der Waals surface area (Å²) in [5.41, 5.74) is 7.55. The SMILES string of the molecule is CN(Cc1cccc(F)c1)Cc1cc(C(N)=S)ccc1F. The molecule has 5 heteroatoms. The van der Waals surface area contributed by atoms with Gasteiger partial charge < -0.3 is 5.73 Å². The highest BCUT2D eigenvalue weighted by molar-refractivity contribution is 7.80. The van der Waals surface area contributed by atoms with Gasteiger partial charge in [-0.25, -0.2) is 8.78 Å². The molecule has 0 fully saturated rings. The van der Waals surface area contributed by atoms with Crippen molar-refractivity contribution in [2.24, 2.45) is 5.73 Å². The molecule has 0 bridgehead atoms. The van der Waals surface area contributed by atoms with Crippen LogP contribution in [0.1, 0.15) is 16.7 Å². The Balaban J connectivity index is 2.10. The molecule has 0 heterocycles. The Morgan fingerprint density at radius 1 is 1.14 bits per heavy atom. The number of thiocarbonyl (C=S) groups is 1. The maximum absolute atomic E-state index is 13.8. The summed E-state index contributed by atoms with van der Waals surface area (Å²) in [5, 5.41) is 0. The van der Waals surface area contributed by atoms with Crippen LogP contribution >= 0.6 is 12.2 Å². The molecule has 0 saturated carbocycles. The molecule has 0 atom stereocenters. The number of hydrogen-bond donors (Lipinski definition) is 1. The fourth-order valence-electron chi connectivity index (χ4n) is 2.14. The lowest BCUT2D eigenvalue weighted by atomic mass is 10.1. The standard InChI is InChI=1S/C16H16F2N2S/c1-20(9-11-3-2-4-14(17)7-11)10-13-8-12(16(19)21)5-6-15(13)18/h2-8H,9-10H2,1H3,(H2,19,21). The van der Waals surface area contributed by atoms with Crippen molar-refractivity contribution in [3.8, 4) is 0 Å². The molecule has 2 rings (SSSR count). The van der Waals surface area contributed by atoms with E-state index in [1.54, 1.807) is 18.2 Å². The number of hydrogen-bond acceptors (Lipinski definition) is 2. The quantitative estimate of drug-likeness (QED) is 0.860. The number of rotatable bonds is 5. The second kappa shape index (κ2) is 6.74. The molecule has 0 radical (unpaired) electrons. The molecule has 0 spiro atoms. The van der Waals surface area contributed by atoms with Gasteiger partial charge in [-0.2, -0.15) is 0 Å². The molecule has 0 aliphatic rings. The summed E-state index contributed by atoms with van der Waals surface area (Å²) in [7, 11) is 1.85. The molecule has 0 saturated heterocycles. The van der Waals surface area contributed by atoms with Crippen molar-refractivity contribution in [1.29, 1.82) is 0 Å². The fourth-order valence-corrected chi connectivity index (χ4v) is 2.27. The number of benzene rings is 2. The van der Waals surface area contributed by atoms with Crippen molar-refractivity contribution in [3.05, 3.63) is 70.8 Å². The van der Waals surface area contributed by atoms with E-state index < -0.39 is 0 Å². The van der Waals surface area contributed by atoms with E-state index in [0.717, 1.165) is 5.56 Å². The van der Waals surface area contributed by atoms with E-state index in [4.69, 9.17) is 18.0 Å². The van der Waals surface area contributed by atoms with E-state index in [1.807, 2.05) is 18.0 Å². The average Bonchev–Trinajstić information content (AvgIpc) is 2.41. The van der Waals surface area contributed by atoms with Crippen LogP contribution < -0.4 is 5.73 Å². The summed E-state index contributed by atoms with van der Waals surface area (Å²) in [5.74, 6) is -0.580. The number of halogens is 2. The van der Waals surface area contributed by atoms with E-state index in [1.165, 1.54) is 18.2 Å². The summed E-state index contributed by atoms with van der Waals surface area (Å²) in [6.07, 6.45) is 0. The van der Waals surface area contributed by atoms with Gasteiger partial charge in [0.2, 0.25) is 0 Å². The lowest BCUT2D eigenvalue weighted by molar-refractivity contribution is 0.313. The monoisotopic (exact) mass is 306 g/mol. The fraction of sp³-hybridized carbons (Fsp3) is 0.188. The summed E-state index contributed by atoms with van der Waals surface area (Å²) >= 11 is 4.90. The number of nitrogens with zero attached hydrogens (tertiary/aromatic N) is 1. The molecule has 0 aliphatic carbocycles. The minimum absolute atomic E-state index is 0.240. The summed E-state index contributed by atoms with van der Waals surface area (Å²) < 4.78 is 27.0. The molecule has 2 aromatic carbocycles. The Kier molecular flexibility index (Phi) is 4.98.